The summed E-state index contributed by atoms with van der Waals surface area (Å²) in [5.41, 5.74) is 0. The van der Waals surface area contributed by atoms with Gasteiger partial charge in [0.15, 0.2) is 0 Å². The highest BCUT2D eigenvalue weighted by Gasteiger charge is 2.69. The number of hydrogen-bond donors (Lipinski definition) is 0. The minimum absolute atomic E-state index is 0.176. The highest BCUT2D eigenvalue weighted by Crippen LogP contribution is 2.60. The molecule has 0 unspecified atom stereocenters. The molecule has 2 bridgehead atoms. The van der Waals surface area contributed by atoms with E-state index in [1.807, 2.05) is 0 Å². The Balaban J connectivity index is 1.83. The Morgan fingerprint density at radius 2 is 1.43 bits per heavy atom. The van der Waals surface area contributed by atoms with E-state index in [1.54, 1.807) is 0 Å². The maximum Gasteiger partial charge on any atom is 0.317 e. The van der Waals surface area contributed by atoms with Crippen LogP contribution in [0.5, 0.6) is 0 Å². The number of rotatable bonds is 0. The van der Waals surface area contributed by atoms with Gasteiger partial charge in [0.25, 0.3) is 0 Å². The fraction of sp³-hybridized carbons (Fsp3) is 0.800. The van der Waals surface area contributed by atoms with Crippen molar-refractivity contribution in [3.05, 3.63) is 0 Å². The molecule has 2 saturated heterocycles. The zero-order valence-electron chi connectivity index (χ0n) is 7.51. The lowest BCUT2D eigenvalue weighted by Crippen LogP contribution is -2.46. The Morgan fingerprint density at radius 1 is 0.929 bits per heavy atom. The molecule has 2 heterocycles. The third kappa shape index (κ3) is 0.639. The number of ether oxygens (including phenoxy) is 2. The van der Waals surface area contributed by atoms with Crippen molar-refractivity contribution in [2.75, 3.05) is 0 Å². The summed E-state index contributed by atoms with van der Waals surface area (Å²) in [4.78, 5) is 22.9. The summed E-state index contributed by atoms with van der Waals surface area (Å²) in [5, 5.41) is 0. The first kappa shape index (κ1) is 7.40. The molecule has 0 aromatic carbocycles. The van der Waals surface area contributed by atoms with Crippen molar-refractivity contribution < 1.29 is 19.1 Å². The fourth-order valence-electron chi connectivity index (χ4n) is 3.72. The molecular weight excluding hydrogens is 184 g/mol. The molecule has 3 saturated carbocycles. The third-order valence-corrected chi connectivity index (χ3v) is 4.29. The maximum atomic E-state index is 11.5. The molecule has 3 aliphatic carbocycles. The van der Waals surface area contributed by atoms with E-state index in [1.165, 1.54) is 0 Å². The Hall–Kier alpha value is -0.900. The van der Waals surface area contributed by atoms with Crippen LogP contribution < -0.4 is 0 Å². The summed E-state index contributed by atoms with van der Waals surface area (Å²) < 4.78 is 10.3. The molecule has 0 aromatic rings. The Bertz CT molecular complexity index is 318. The van der Waals surface area contributed by atoms with Crippen LogP contribution in [0.2, 0.25) is 0 Å². The summed E-state index contributed by atoms with van der Waals surface area (Å²) in [5.74, 6) is -0.440. The molecule has 74 valence electrons. The molecule has 6 atom stereocenters. The zero-order valence-corrected chi connectivity index (χ0v) is 7.51. The van der Waals surface area contributed by atoms with E-state index in [0.717, 1.165) is 12.8 Å². The molecule has 0 aromatic heterocycles. The number of fused-ring (bicyclic) bond motifs is 1. The molecule has 0 amide bonds. The number of epoxide rings is 1. The van der Waals surface area contributed by atoms with Crippen LogP contribution in [0.1, 0.15) is 12.8 Å². The van der Waals surface area contributed by atoms with Crippen LogP contribution in [-0.4, -0.2) is 24.1 Å². The van der Waals surface area contributed by atoms with Crippen LogP contribution in [0.4, 0.5) is 0 Å². The summed E-state index contributed by atoms with van der Waals surface area (Å²) >= 11 is 0. The van der Waals surface area contributed by atoms with Gasteiger partial charge in [0.1, 0.15) is 0 Å². The van der Waals surface area contributed by atoms with Gasteiger partial charge in [0.2, 0.25) is 0 Å². The van der Waals surface area contributed by atoms with Gasteiger partial charge >= 0.3 is 11.9 Å². The van der Waals surface area contributed by atoms with Gasteiger partial charge in [-0.2, -0.15) is 0 Å². The van der Waals surface area contributed by atoms with E-state index in [9.17, 15) is 9.59 Å². The van der Waals surface area contributed by atoms with Crippen molar-refractivity contribution in [3.8, 4) is 0 Å². The molecule has 0 N–H and O–H groups in total. The number of carbonyl (C=O) groups is 2. The predicted octanol–water partition coefficient (Wildman–Crippen LogP) is 0.109. The molecule has 14 heavy (non-hydrogen) atoms. The first-order valence-electron chi connectivity index (χ1n) is 5.18. The quantitative estimate of drug-likeness (QED) is 0.312. The third-order valence-electron chi connectivity index (χ3n) is 4.29. The van der Waals surface area contributed by atoms with E-state index in [-0.39, 0.29) is 47.8 Å². The number of esters is 2. The Kier molecular flexibility index (Phi) is 1.07. The number of cyclic esters (lactones) is 2. The standard InChI is InChI=1S/C10H10O4/c11-9-5-3-1-2-4(8-7(3)13-8)6(5)10(12)14-9/h3-8H,1-2H2/t3-,4-,5-,6+,7-,8-/m1/s1. The first-order valence-corrected chi connectivity index (χ1v) is 5.18. The lowest BCUT2D eigenvalue weighted by Gasteiger charge is -2.38. The first-order chi connectivity index (χ1) is 6.77. The highest BCUT2D eigenvalue weighted by molar-refractivity contribution is 5.97. The molecular formula is C10H10O4. The minimum atomic E-state index is -0.302. The van der Waals surface area contributed by atoms with Crippen LogP contribution in [0.15, 0.2) is 0 Å². The monoisotopic (exact) mass is 194 g/mol. The van der Waals surface area contributed by atoms with Crippen LogP contribution in [0.25, 0.3) is 0 Å². The van der Waals surface area contributed by atoms with E-state index in [2.05, 4.69) is 0 Å². The lowest BCUT2D eigenvalue weighted by molar-refractivity contribution is -0.154. The van der Waals surface area contributed by atoms with Crippen LogP contribution in [0, 0.1) is 23.7 Å². The second kappa shape index (κ2) is 2.03. The molecule has 4 heteroatoms. The second-order valence-electron chi connectivity index (χ2n) is 4.76. The highest BCUT2D eigenvalue weighted by atomic mass is 16.6. The SMILES string of the molecule is O=C1OC(=O)[C@H]2[C@H]3CC[C@@H]([C@H]4O[C@H]34)[C@@H]12. The molecule has 2 aliphatic heterocycles. The van der Waals surface area contributed by atoms with Crippen LogP contribution in [0.3, 0.4) is 0 Å². The Labute approximate surface area is 80.6 Å². The van der Waals surface area contributed by atoms with Crippen molar-refractivity contribution in [3.63, 3.8) is 0 Å². The number of carbonyl (C=O) groups excluding carboxylic acids is 2. The normalized spacial score (nSPS) is 58.0. The average molecular weight is 194 g/mol. The summed E-state index contributed by atoms with van der Waals surface area (Å²) in [6.45, 7) is 0. The molecule has 0 spiro atoms. The second-order valence-corrected chi connectivity index (χ2v) is 4.76. The Morgan fingerprint density at radius 3 is 1.93 bits per heavy atom. The van der Waals surface area contributed by atoms with E-state index in [4.69, 9.17) is 9.47 Å². The van der Waals surface area contributed by atoms with Crippen molar-refractivity contribution in [2.24, 2.45) is 23.7 Å². The largest absolute Gasteiger partial charge is 0.393 e. The zero-order chi connectivity index (χ0) is 9.45. The van der Waals surface area contributed by atoms with Gasteiger partial charge in [0.05, 0.1) is 24.0 Å². The van der Waals surface area contributed by atoms with Crippen LogP contribution >= 0.6 is 0 Å². The van der Waals surface area contributed by atoms with Crippen molar-refractivity contribution in [2.45, 2.75) is 25.0 Å². The summed E-state index contributed by atoms with van der Waals surface area (Å²) in [6, 6.07) is 0. The molecule has 4 nitrogen and oxygen atoms in total. The smallest absolute Gasteiger partial charge is 0.317 e. The van der Waals surface area contributed by atoms with Crippen LogP contribution in [-0.2, 0) is 19.1 Å². The van der Waals surface area contributed by atoms with Gasteiger partial charge in [-0.3, -0.25) is 9.59 Å². The topological polar surface area (TPSA) is 55.9 Å². The molecule has 5 aliphatic rings. The maximum absolute atomic E-state index is 11.5. The minimum Gasteiger partial charge on any atom is -0.393 e. The summed E-state index contributed by atoms with van der Waals surface area (Å²) in [6.07, 6.45) is 2.56. The van der Waals surface area contributed by atoms with Crippen molar-refractivity contribution in [1.29, 1.82) is 0 Å². The van der Waals surface area contributed by atoms with Crippen molar-refractivity contribution >= 4 is 11.9 Å². The summed E-state index contributed by atoms with van der Waals surface area (Å²) in [7, 11) is 0. The van der Waals surface area contributed by atoms with Gasteiger partial charge in [-0.1, -0.05) is 0 Å². The molecule has 5 fully saturated rings. The average Bonchev–Trinajstić information content (AvgIpc) is 2.92. The molecule has 5 rings (SSSR count). The molecule has 0 radical (unpaired) electrons. The van der Waals surface area contributed by atoms with E-state index in [0.29, 0.717) is 0 Å². The van der Waals surface area contributed by atoms with Gasteiger partial charge < -0.3 is 9.47 Å². The predicted molar refractivity (Wildman–Crippen MR) is 43.0 cm³/mol. The fourth-order valence-corrected chi connectivity index (χ4v) is 3.72. The lowest BCUT2D eigenvalue weighted by atomic mass is 9.59. The number of hydrogen-bond acceptors (Lipinski definition) is 4. The van der Waals surface area contributed by atoms with E-state index >= 15 is 0 Å². The van der Waals surface area contributed by atoms with Gasteiger partial charge in [-0.25, -0.2) is 0 Å². The van der Waals surface area contributed by atoms with Gasteiger partial charge in [0, 0.05) is 11.8 Å². The van der Waals surface area contributed by atoms with Gasteiger partial charge in [-0.15, -0.1) is 0 Å². The van der Waals surface area contributed by atoms with Gasteiger partial charge in [-0.05, 0) is 12.8 Å². The van der Waals surface area contributed by atoms with E-state index < -0.39 is 0 Å². The van der Waals surface area contributed by atoms with Crippen molar-refractivity contribution in [1.82, 2.24) is 0 Å².